The maximum absolute atomic E-state index is 12.3. The van der Waals surface area contributed by atoms with Crippen LogP contribution in [-0.2, 0) is 26.0 Å². The van der Waals surface area contributed by atoms with Crippen LogP contribution < -0.4 is 10.0 Å². The first kappa shape index (κ1) is 15.5. The van der Waals surface area contributed by atoms with Crippen LogP contribution in [-0.4, -0.2) is 33.6 Å². The lowest BCUT2D eigenvalue weighted by Gasteiger charge is -2.18. The summed E-state index contributed by atoms with van der Waals surface area (Å²) < 4.78 is 32.7. The molecule has 0 spiro atoms. The van der Waals surface area contributed by atoms with Gasteiger partial charge in [-0.15, -0.1) is 0 Å². The van der Waals surface area contributed by atoms with Crippen LogP contribution in [0.1, 0.15) is 31.2 Å². The van der Waals surface area contributed by atoms with Crippen molar-refractivity contribution in [1.29, 1.82) is 0 Å². The summed E-state index contributed by atoms with van der Waals surface area (Å²) in [6, 6.07) is 4.82. The second-order valence-electron chi connectivity index (χ2n) is 5.69. The Morgan fingerprint density at radius 2 is 2.18 bits per heavy atom. The van der Waals surface area contributed by atoms with Crippen molar-refractivity contribution in [2.45, 2.75) is 43.1 Å². The van der Waals surface area contributed by atoms with Crippen molar-refractivity contribution >= 4 is 21.6 Å². The van der Waals surface area contributed by atoms with E-state index in [1.165, 1.54) is 6.07 Å². The molecule has 2 N–H and O–H groups in total. The molecular weight excluding hydrogens is 304 g/mol. The summed E-state index contributed by atoms with van der Waals surface area (Å²) in [7, 11) is -3.52. The van der Waals surface area contributed by atoms with E-state index in [1.807, 2.05) is 0 Å². The van der Waals surface area contributed by atoms with Gasteiger partial charge in [0, 0.05) is 25.3 Å². The molecule has 1 amide bonds. The quantitative estimate of drug-likeness (QED) is 0.858. The molecule has 7 heteroatoms. The number of aryl methyl sites for hydroxylation is 1. The van der Waals surface area contributed by atoms with E-state index in [0.717, 1.165) is 25.0 Å². The fourth-order valence-electron chi connectivity index (χ4n) is 2.84. The summed E-state index contributed by atoms with van der Waals surface area (Å²) in [6.45, 7) is 1.15. The summed E-state index contributed by atoms with van der Waals surface area (Å²) in [5.41, 5.74) is 1.57. The van der Waals surface area contributed by atoms with Crippen molar-refractivity contribution in [3.05, 3.63) is 23.8 Å². The Hall–Kier alpha value is -1.44. The zero-order valence-electron chi connectivity index (χ0n) is 12.3. The van der Waals surface area contributed by atoms with Crippen LogP contribution in [0.25, 0.3) is 0 Å². The third kappa shape index (κ3) is 3.48. The Labute approximate surface area is 130 Å². The van der Waals surface area contributed by atoms with Crippen molar-refractivity contribution in [2.24, 2.45) is 0 Å². The molecule has 22 heavy (non-hydrogen) atoms. The Bertz CT molecular complexity index is 666. The number of carbonyl (C=O) groups excluding carboxylic acids is 1. The fraction of sp³-hybridized carbons (Fsp3) is 0.533. The topological polar surface area (TPSA) is 84.5 Å². The lowest BCUT2D eigenvalue weighted by molar-refractivity contribution is -0.116. The highest BCUT2D eigenvalue weighted by molar-refractivity contribution is 7.89. The minimum Gasteiger partial charge on any atom is -0.378 e. The molecule has 1 saturated heterocycles. The average molecular weight is 324 g/mol. The van der Waals surface area contributed by atoms with E-state index in [2.05, 4.69) is 10.0 Å². The zero-order chi connectivity index (χ0) is 15.6. The monoisotopic (exact) mass is 324 g/mol. The summed E-state index contributed by atoms with van der Waals surface area (Å²) >= 11 is 0. The van der Waals surface area contributed by atoms with E-state index in [9.17, 15) is 13.2 Å². The lowest BCUT2D eigenvalue weighted by Crippen LogP contribution is -2.27. The van der Waals surface area contributed by atoms with Gasteiger partial charge in [0.2, 0.25) is 15.9 Å². The fourth-order valence-corrected chi connectivity index (χ4v) is 3.93. The highest BCUT2D eigenvalue weighted by Crippen LogP contribution is 2.25. The van der Waals surface area contributed by atoms with Crippen LogP contribution in [0.3, 0.4) is 0 Å². The minimum atomic E-state index is -3.52. The standard InChI is InChI=1S/C15H20N2O4S/c18-15-6-3-11-10-13(4-5-14(11)17-15)22(19,20)16-8-7-12-2-1-9-21-12/h4-5,10,12,16H,1-3,6-9H2,(H,17,18)/t12-/m0/s1. The summed E-state index contributed by atoms with van der Waals surface area (Å²) in [5, 5.41) is 2.75. The van der Waals surface area contributed by atoms with Crippen molar-refractivity contribution in [1.82, 2.24) is 4.72 Å². The van der Waals surface area contributed by atoms with E-state index in [4.69, 9.17) is 4.74 Å². The molecule has 1 aromatic rings. The molecule has 2 heterocycles. The number of hydrogen-bond donors (Lipinski definition) is 2. The Morgan fingerprint density at radius 1 is 1.32 bits per heavy atom. The predicted molar refractivity (Wildman–Crippen MR) is 82.2 cm³/mol. The van der Waals surface area contributed by atoms with Gasteiger partial charge in [-0.3, -0.25) is 4.79 Å². The van der Waals surface area contributed by atoms with Crippen LogP contribution in [0, 0.1) is 0 Å². The van der Waals surface area contributed by atoms with Crippen LogP contribution in [0.15, 0.2) is 23.1 Å². The third-order valence-electron chi connectivity index (χ3n) is 4.06. The van der Waals surface area contributed by atoms with Gasteiger partial charge in [0.1, 0.15) is 0 Å². The molecular formula is C15H20N2O4S. The van der Waals surface area contributed by atoms with Crippen LogP contribution in [0.5, 0.6) is 0 Å². The minimum absolute atomic E-state index is 0.0298. The van der Waals surface area contributed by atoms with Crippen LogP contribution in [0.2, 0.25) is 0 Å². The highest BCUT2D eigenvalue weighted by atomic mass is 32.2. The van der Waals surface area contributed by atoms with Crippen LogP contribution >= 0.6 is 0 Å². The molecule has 1 atom stereocenters. The van der Waals surface area contributed by atoms with Crippen LogP contribution in [0.4, 0.5) is 5.69 Å². The molecule has 1 fully saturated rings. The molecule has 0 aliphatic carbocycles. The normalized spacial score (nSPS) is 21.5. The maximum Gasteiger partial charge on any atom is 0.240 e. The smallest absolute Gasteiger partial charge is 0.240 e. The Balaban J connectivity index is 1.65. The molecule has 120 valence electrons. The van der Waals surface area contributed by atoms with Gasteiger partial charge in [-0.1, -0.05) is 0 Å². The van der Waals surface area contributed by atoms with Gasteiger partial charge in [0.25, 0.3) is 0 Å². The first-order valence-corrected chi connectivity index (χ1v) is 9.07. The van der Waals surface area contributed by atoms with E-state index < -0.39 is 10.0 Å². The first-order valence-electron chi connectivity index (χ1n) is 7.59. The Kier molecular flexibility index (Phi) is 4.46. The zero-order valence-corrected chi connectivity index (χ0v) is 13.1. The number of sulfonamides is 1. The van der Waals surface area contributed by atoms with Crippen molar-refractivity contribution in [3.63, 3.8) is 0 Å². The highest BCUT2D eigenvalue weighted by Gasteiger charge is 2.21. The molecule has 0 aromatic heterocycles. The molecule has 0 bridgehead atoms. The van der Waals surface area contributed by atoms with Gasteiger partial charge in [0.05, 0.1) is 11.0 Å². The molecule has 0 radical (unpaired) electrons. The molecule has 6 nitrogen and oxygen atoms in total. The molecule has 0 saturated carbocycles. The number of hydrogen-bond acceptors (Lipinski definition) is 4. The number of ether oxygens (including phenoxy) is 1. The summed E-state index contributed by atoms with van der Waals surface area (Å²) in [5.74, 6) is -0.0298. The predicted octanol–water partition coefficient (Wildman–Crippen LogP) is 1.42. The average Bonchev–Trinajstić information content (AvgIpc) is 2.99. The molecule has 2 aliphatic rings. The number of benzene rings is 1. The maximum atomic E-state index is 12.3. The van der Waals surface area contributed by atoms with Gasteiger partial charge >= 0.3 is 0 Å². The number of carbonyl (C=O) groups is 1. The van der Waals surface area contributed by atoms with E-state index >= 15 is 0 Å². The van der Waals surface area contributed by atoms with Gasteiger partial charge in [0.15, 0.2) is 0 Å². The van der Waals surface area contributed by atoms with E-state index in [1.54, 1.807) is 12.1 Å². The number of fused-ring (bicyclic) bond motifs is 1. The van der Waals surface area contributed by atoms with Crippen molar-refractivity contribution in [3.8, 4) is 0 Å². The lowest BCUT2D eigenvalue weighted by atomic mass is 10.0. The van der Waals surface area contributed by atoms with Crippen molar-refractivity contribution in [2.75, 3.05) is 18.5 Å². The number of amides is 1. The van der Waals surface area contributed by atoms with Gasteiger partial charge < -0.3 is 10.1 Å². The van der Waals surface area contributed by atoms with Crippen molar-refractivity contribution < 1.29 is 17.9 Å². The largest absolute Gasteiger partial charge is 0.378 e. The number of nitrogens with one attached hydrogen (secondary N) is 2. The SMILES string of the molecule is O=C1CCc2cc(S(=O)(=O)NCC[C@@H]3CCCO3)ccc2N1. The summed E-state index contributed by atoms with van der Waals surface area (Å²) in [6.07, 6.45) is 3.87. The summed E-state index contributed by atoms with van der Waals surface area (Å²) in [4.78, 5) is 11.6. The number of rotatable bonds is 5. The molecule has 1 aromatic carbocycles. The van der Waals surface area contributed by atoms with E-state index in [0.29, 0.717) is 31.5 Å². The molecule has 0 unspecified atom stereocenters. The molecule has 3 rings (SSSR count). The second kappa shape index (κ2) is 6.36. The molecule has 2 aliphatic heterocycles. The van der Waals surface area contributed by atoms with Gasteiger partial charge in [-0.05, 0) is 49.4 Å². The third-order valence-corrected chi connectivity index (χ3v) is 5.52. The number of anilines is 1. The van der Waals surface area contributed by atoms with Gasteiger partial charge in [-0.25, -0.2) is 13.1 Å². The van der Waals surface area contributed by atoms with E-state index in [-0.39, 0.29) is 16.9 Å². The Morgan fingerprint density at radius 3 is 2.95 bits per heavy atom. The van der Waals surface area contributed by atoms with Gasteiger partial charge in [-0.2, -0.15) is 0 Å². The first-order chi connectivity index (χ1) is 10.5. The second-order valence-corrected chi connectivity index (χ2v) is 7.46.